The van der Waals surface area contributed by atoms with Crippen molar-refractivity contribution < 1.29 is 32.5 Å². The Morgan fingerprint density at radius 3 is 1.41 bits per heavy atom. The number of hydrogen-bond donors (Lipinski definition) is 1. The predicted molar refractivity (Wildman–Crippen MR) is 259 cm³/mol. The van der Waals surface area contributed by atoms with Crippen LogP contribution in [0, 0.1) is 0 Å². The summed E-state index contributed by atoms with van der Waals surface area (Å²) in [4.78, 5) is 14.7. The van der Waals surface area contributed by atoms with Gasteiger partial charge in [0.15, 0.2) is 5.82 Å². The summed E-state index contributed by atoms with van der Waals surface area (Å²) in [6, 6.07) is 18.8. The van der Waals surface area contributed by atoms with Crippen LogP contribution in [0.3, 0.4) is 0 Å². The van der Waals surface area contributed by atoms with Crippen molar-refractivity contribution in [1.29, 1.82) is 0 Å². The van der Waals surface area contributed by atoms with Gasteiger partial charge >= 0.3 is 0 Å². The Balaban J connectivity index is 1.25. The Morgan fingerprint density at radius 1 is 0.391 bits per heavy atom. The van der Waals surface area contributed by atoms with Gasteiger partial charge in [0.05, 0.1) is 54.9 Å². The second kappa shape index (κ2) is 15.1. The molecule has 12 aromatic rings. The Morgan fingerprint density at radius 2 is 0.844 bits per heavy atom. The van der Waals surface area contributed by atoms with Crippen molar-refractivity contribution in [2.75, 3.05) is 0 Å². The van der Waals surface area contributed by atoms with E-state index in [0.717, 1.165) is 9.13 Å². The van der Waals surface area contributed by atoms with Crippen molar-refractivity contribution >= 4 is 43.6 Å². The van der Waals surface area contributed by atoms with E-state index in [0.29, 0.717) is 27.8 Å². The number of aromatic nitrogens is 5. The SMILES string of the molecule is [2H]c1c([2H])c([2H])c(-c2cccc(C(c3ccccc3)(c3ccccc3)c3cccc(-c4nc(-n5c6c([2H])c([2H])c([2H])c([2H])c6c6c([2H])c([2H])c([2H])c([2H])c65)nc(-n5c6c([2H])c([2H])c([2H])c([2H])c6c6c([2H])c(O)c([2H])c([2H])c65)n4)c3)c2)c([2H])c1[2H]. The molecule has 0 atom stereocenters. The maximum atomic E-state index is 11.1. The summed E-state index contributed by atoms with van der Waals surface area (Å²) in [5, 5.41) is 9.70. The monoisotopic (exact) mass is 841 g/mol. The molecule has 3 aromatic heterocycles. The molecule has 0 amide bonds. The molecule has 9 aromatic carbocycles. The Kier molecular flexibility index (Phi) is 5.17. The molecule has 0 unspecified atom stereocenters. The van der Waals surface area contributed by atoms with E-state index in [2.05, 4.69) is 0 Å². The number of fused-ring (bicyclic) bond motifs is 6. The number of phenolic OH excluding ortho intramolecular Hbond substituents is 1. The van der Waals surface area contributed by atoms with Gasteiger partial charge in [-0.2, -0.15) is 15.0 Å². The third kappa shape index (κ3) is 5.92. The molecule has 12 rings (SSSR count). The molecule has 0 aliphatic carbocycles. The van der Waals surface area contributed by atoms with Crippen LogP contribution < -0.4 is 0 Å². The summed E-state index contributed by atoms with van der Waals surface area (Å²) in [6.45, 7) is 0. The number of para-hydroxylation sites is 3. The molecular weight excluding hydrogens is 783 g/mol. The first-order valence-electron chi connectivity index (χ1n) is 29.9. The fourth-order valence-corrected chi connectivity index (χ4v) is 8.58. The van der Waals surface area contributed by atoms with Crippen molar-refractivity contribution in [3.05, 3.63) is 252 Å². The number of hydrogen-bond acceptors (Lipinski definition) is 4. The van der Waals surface area contributed by atoms with Gasteiger partial charge in [-0.05, 0) is 81.8 Å². The van der Waals surface area contributed by atoms with Crippen LogP contribution in [-0.2, 0) is 5.41 Å². The lowest BCUT2D eigenvalue weighted by atomic mass is 9.64. The summed E-state index contributed by atoms with van der Waals surface area (Å²) in [5.74, 6) is -2.41. The van der Waals surface area contributed by atoms with Crippen LogP contribution in [0.5, 0.6) is 5.75 Å². The molecule has 6 nitrogen and oxygen atoms in total. The number of phenols is 1. The van der Waals surface area contributed by atoms with Crippen molar-refractivity contribution in [2.45, 2.75) is 5.41 Å². The van der Waals surface area contributed by atoms with Crippen molar-refractivity contribution in [1.82, 2.24) is 24.1 Å². The Labute approximate surface area is 397 Å². The van der Waals surface area contributed by atoms with E-state index in [9.17, 15) is 10.6 Å². The zero-order chi connectivity index (χ0) is 60.0. The van der Waals surface area contributed by atoms with E-state index in [1.807, 2.05) is 72.8 Å². The quantitative estimate of drug-likeness (QED) is 0.155. The van der Waals surface area contributed by atoms with Crippen LogP contribution in [0.15, 0.2) is 230 Å². The van der Waals surface area contributed by atoms with Gasteiger partial charge in [-0.1, -0.05) is 182 Å². The minimum absolute atomic E-state index is 0.0484. The standard InChI is InChI=1S/C58H39N5O/c64-46-34-35-54-50(38-46)49-30-12-15-33-53(49)63(54)57-60-55(59-56(61-57)62-51-31-13-10-28-47(51)48-29-11-14-32-52(48)62)41-21-17-27-45(37-41)58(42-22-6-2-7-23-42,43-24-8-3-9-25-43)44-26-16-20-40(36-44)39-18-4-1-5-19-39/h1-38,64H/i1D,4D,5D,10D,11D,12D,13D,14D,15D,18D,19D,28D,29D,30D,31D,32D,33D,34D,35D,38D. The average molecular weight is 842 g/mol. The minimum atomic E-state index is -1.37. The topological polar surface area (TPSA) is 68.8 Å². The van der Waals surface area contributed by atoms with Crippen LogP contribution in [0.2, 0.25) is 0 Å². The van der Waals surface area contributed by atoms with Crippen molar-refractivity contribution in [3.8, 4) is 40.2 Å². The van der Waals surface area contributed by atoms with Gasteiger partial charge in [0.2, 0.25) is 11.9 Å². The van der Waals surface area contributed by atoms with E-state index >= 15 is 0 Å². The van der Waals surface area contributed by atoms with Crippen LogP contribution in [0.25, 0.3) is 78.0 Å². The fraction of sp³-hybridized carbons (Fsp3) is 0.0172. The molecule has 3 heterocycles. The van der Waals surface area contributed by atoms with Gasteiger partial charge in [-0.3, -0.25) is 9.13 Å². The first-order chi connectivity index (χ1) is 40.0. The van der Waals surface area contributed by atoms with Crippen LogP contribution >= 0.6 is 0 Å². The van der Waals surface area contributed by atoms with E-state index in [1.165, 1.54) is 0 Å². The maximum Gasteiger partial charge on any atom is 0.240 e. The molecule has 0 spiro atoms. The largest absolute Gasteiger partial charge is 0.508 e. The molecule has 0 fully saturated rings. The molecule has 0 radical (unpaired) electrons. The lowest BCUT2D eigenvalue weighted by molar-refractivity contribution is 0.476. The summed E-state index contributed by atoms with van der Waals surface area (Å²) in [7, 11) is 0. The number of nitrogens with zero attached hydrogens (tertiary/aromatic N) is 5. The molecule has 0 saturated carbocycles. The van der Waals surface area contributed by atoms with E-state index in [1.54, 1.807) is 36.4 Å². The average Bonchev–Trinajstić information content (AvgIpc) is 1.61. The highest BCUT2D eigenvalue weighted by molar-refractivity contribution is 6.10. The number of rotatable bonds is 8. The summed E-state index contributed by atoms with van der Waals surface area (Å²) in [5.41, 5.74) is -0.193. The first-order valence-corrected chi connectivity index (χ1v) is 19.9. The van der Waals surface area contributed by atoms with Gasteiger partial charge in [-0.15, -0.1) is 0 Å². The molecule has 0 bridgehead atoms. The highest BCUT2D eigenvalue weighted by atomic mass is 16.3. The van der Waals surface area contributed by atoms with Crippen molar-refractivity contribution in [2.24, 2.45) is 0 Å². The Hall–Kier alpha value is -8.61. The molecular formula is C58H39N5O. The summed E-state index contributed by atoms with van der Waals surface area (Å²) < 4.78 is 181. The van der Waals surface area contributed by atoms with Gasteiger partial charge in [0, 0.05) is 27.1 Å². The van der Waals surface area contributed by atoms with Crippen LogP contribution in [0.1, 0.15) is 49.7 Å². The highest BCUT2D eigenvalue weighted by Crippen LogP contribution is 2.47. The van der Waals surface area contributed by atoms with Gasteiger partial charge in [0.25, 0.3) is 0 Å². The maximum absolute atomic E-state index is 11.1. The van der Waals surface area contributed by atoms with Gasteiger partial charge in [0.1, 0.15) is 5.75 Å². The normalized spacial score (nSPS) is 16.2. The highest BCUT2D eigenvalue weighted by Gasteiger charge is 2.39. The smallest absolute Gasteiger partial charge is 0.240 e. The number of aromatic hydroxyl groups is 1. The molecule has 6 heteroatoms. The predicted octanol–water partition coefficient (Wildman–Crippen LogP) is 13.5. The molecule has 1 N–H and O–H groups in total. The number of benzene rings is 9. The second-order valence-electron chi connectivity index (χ2n) is 14.7. The van der Waals surface area contributed by atoms with Crippen LogP contribution in [0.4, 0.5) is 0 Å². The molecule has 64 heavy (non-hydrogen) atoms. The molecule has 0 saturated heterocycles. The Bertz CT molecular complexity index is 4480. The van der Waals surface area contributed by atoms with Crippen LogP contribution in [-0.4, -0.2) is 29.2 Å². The van der Waals surface area contributed by atoms with Crippen molar-refractivity contribution in [3.63, 3.8) is 0 Å². The zero-order valence-electron chi connectivity index (χ0n) is 53.1. The summed E-state index contributed by atoms with van der Waals surface area (Å²) in [6.07, 6.45) is 0. The summed E-state index contributed by atoms with van der Waals surface area (Å²) >= 11 is 0. The minimum Gasteiger partial charge on any atom is -0.508 e. The fourth-order valence-electron chi connectivity index (χ4n) is 8.58. The van der Waals surface area contributed by atoms with Gasteiger partial charge in [-0.25, -0.2) is 0 Å². The zero-order valence-corrected chi connectivity index (χ0v) is 33.1. The van der Waals surface area contributed by atoms with Gasteiger partial charge < -0.3 is 5.11 Å². The first kappa shape index (κ1) is 22.0. The van der Waals surface area contributed by atoms with E-state index in [-0.39, 0.29) is 38.5 Å². The van der Waals surface area contributed by atoms with E-state index < -0.39 is 166 Å². The third-order valence-corrected chi connectivity index (χ3v) is 11.2. The molecule has 302 valence electrons. The third-order valence-electron chi connectivity index (χ3n) is 11.2. The second-order valence-corrected chi connectivity index (χ2v) is 14.7. The lowest BCUT2D eigenvalue weighted by Gasteiger charge is -2.37. The molecule has 0 aliphatic rings. The lowest BCUT2D eigenvalue weighted by Crippen LogP contribution is -2.31. The van der Waals surface area contributed by atoms with E-state index in [4.69, 9.17) is 36.9 Å². The molecule has 0 aliphatic heterocycles.